The standard InChI is InChI=1S/C12H23NO3/c1-12(2,3)16-11(15)10(14)9-6-4-5-7-13-8-9/h9-10,13-14H,4-8H2,1-3H3/t9-,10+/m1/s1. The second kappa shape index (κ2) is 5.64. The normalized spacial score (nSPS) is 24.6. The summed E-state index contributed by atoms with van der Waals surface area (Å²) in [7, 11) is 0. The quantitative estimate of drug-likeness (QED) is 0.696. The van der Waals surface area contributed by atoms with Crippen LogP contribution < -0.4 is 5.32 Å². The number of carbonyl (C=O) groups is 1. The Morgan fingerprint density at radius 2 is 2.12 bits per heavy atom. The highest BCUT2D eigenvalue weighted by Crippen LogP contribution is 2.18. The summed E-state index contributed by atoms with van der Waals surface area (Å²) >= 11 is 0. The van der Waals surface area contributed by atoms with Gasteiger partial charge in [-0.05, 0) is 40.2 Å². The van der Waals surface area contributed by atoms with Crippen LogP contribution in [0.15, 0.2) is 0 Å². The lowest BCUT2D eigenvalue weighted by atomic mass is 9.97. The fourth-order valence-corrected chi connectivity index (χ4v) is 1.87. The summed E-state index contributed by atoms with van der Waals surface area (Å²) in [6.45, 7) is 7.09. The molecule has 0 aromatic carbocycles. The Bertz CT molecular complexity index is 227. The molecule has 4 heteroatoms. The van der Waals surface area contributed by atoms with Crippen LogP contribution in [0.3, 0.4) is 0 Å². The molecule has 0 spiro atoms. The number of aliphatic hydroxyl groups excluding tert-OH is 1. The second-order valence-corrected chi connectivity index (χ2v) is 5.44. The first-order chi connectivity index (χ1) is 7.40. The highest BCUT2D eigenvalue weighted by Gasteiger charge is 2.30. The van der Waals surface area contributed by atoms with Gasteiger partial charge < -0.3 is 15.2 Å². The molecule has 0 amide bonds. The molecule has 0 aromatic heterocycles. The summed E-state index contributed by atoms with van der Waals surface area (Å²) in [5.74, 6) is -0.515. The lowest BCUT2D eigenvalue weighted by Gasteiger charge is -2.25. The van der Waals surface area contributed by atoms with Crippen molar-refractivity contribution in [3.63, 3.8) is 0 Å². The van der Waals surface area contributed by atoms with E-state index in [1.807, 2.05) is 20.8 Å². The lowest BCUT2D eigenvalue weighted by Crippen LogP contribution is -2.39. The number of hydrogen-bond donors (Lipinski definition) is 2. The summed E-state index contributed by atoms with van der Waals surface area (Å²) in [5, 5.41) is 13.1. The fraction of sp³-hybridized carbons (Fsp3) is 0.917. The van der Waals surface area contributed by atoms with Gasteiger partial charge in [0.05, 0.1) is 0 Å². The average molecular weight is 229 g/mol. The maximum Gasteiger partial charge on any atom is 0.335 e. The van der Waals surface area contributed by atoms with Gasteiger partial charge in [-0.25, -0.2) is 4.79 Å². The Balaban J connectivity index is 2.48. The number of nitrogens with one attached hydrogen (secondary N) is 1. The van der Waals surface area contributed by atoms with E-state index in [1.54, 1.807) is 0 Å². The zero-order valence-corrected chi connectivity index (χ0v) is 10.5. The van der Waals surface area contributed by atoms with E-state index in [2.05, 4.69) is 5.32 Å². The summed E-state index contributed by atoms with van der Waals surface area (Å²) in [5.41, 5.74) is -0.532. The van der Waals surface area contributed by atoms with E-state index in [9.17, 15) is 9.90 Å². The third-order valence-corrected chi connectivity index (χ3v) is 2.68. The average Bonchev–Trinajstić information content (AvgIpc) is 2.41. The molecule has 1 fully saturated rings. The van der Waals surface area contributed by atoms with Crippen LogP contribution in [-0.2, 0) is 9.53 Å². The van der Waals surface area contributed by atoms with Crippen molar-refractivity contribution in [1.82, 2.24) is 5.32 Å². The summed E-state index contributed by atoms with van der Waals surface area (Å²) in [6.07, 6.45) is 2.05. The second-order valence-electron chi connectivity index (χ2n) is 5.44. The molecule has 1 aliphatic rings. The van der Waals surface area contributed by atoms with E-state index in [-0.39, 0.29) is 5.92 Å². The minimum absolute atomic E-state index is 0.0163. The van der Waals surface area contributed by atoms with Crippen LogP contribution in [0.25, 0.3) is 0 Å². The van der Waals surface area contributed by atoms with Gasteiger partial charge in [-0.3, -0.25) is 0 Å². The largest absolute Gasteiger partial charge is 0.458 e. The van der Waals surface area contributed by atoms with Crippen LogP contribution in [0, 0.1) is 5.92 Å². The van der Waals surface area contributed by atoms with Gasteiger partial charge in [0.25, 0.3) is 0 Å². The monoisotopic (exact) mass is 229 g/mol. The first-order valence-corrected chi connectivity index (χ1v) is 6.02. The van der Waals surface area contributed by atoms with Crippen molar-refractivity contribution in [2.45, 2.75) is 51.7 Å². The van der Waals surface area contributed by atoms with Gasteiger partial charge in [0.2, 0.25) is 0 Å². The number of esters is 1. The van der Waals surface area contributed by atoms with Crippen molar-refractivity contribution >= 4 is 5.97 Å². The first-order valence-electron chi connectivity index (χ1n) is 6.02. The van der Waals surface area contributed by atoms with Crippen LogP contribution in [0.1, 0.15) is 40.0 Å². The third-order valence-electron chi connectivity index (χ3n) is 2.68. The predicted molar refractivity (Wildman–Crippen MR) is 62.1 cm³/mol. The number of rotatable bonds is 2. The first kappa shape index (κ1) is 13.5. The van der Waals surface area contributed by atoms with Crippen LogP contribution in [0.5, 0.6) is 0 Å². The molecule has 1 rings (SSSR count). The molecule has 1 aliphatic heterocycles. The van der Waals surface area contributed by atoms with E-state index in [1.165, 1.54) is 0 Å². The van der Waals surface area contributed by atoms with Gasteiger partial charge in [-0.2, -0.15) is 0 Å². The molecule has 2 N–H and O–H groups in total. The Morgan fingerprint density at radius 3 is 2.75 bits per heavy atom. The Kier molecular flexibility index (Phi) is 4.74. The third kappa shape index (κ3) is 4.49. The van der Waals surface area contributed by atoms with Crippen molar-refractivity contribution < 1.29 is 14.6 Å². The molecule has 0 unspecified atom stereocenters. The number of ether oxygens (including phenoxy) is 1. The van der Waals surface area contributed by atoms with Crippen LogP contribution in [-0.4, -0.2) is 35.9 Å². The molecule has 0 bridgehead atoms. The van der Waals surface area contributed by atoms with Crippen LogP contribution >= 0.6 is 0 Å². The molecular formula is C12H23NO3. The zero-order valence-electron chi connectivity index (χ0n) is 10.5. The molecule has 1 saturated heterocycles. The van der Waals surface area contributed by atoms with Crippen LogP contribution in [0.2, 0.25) is 0 Å². The highest BCUT2D eigenvalue weighted by molar-refractivity contribution is 5.75. The van der Waals surface area contributed by atoms with E-state index in [0.29, 0.717) is 6.54 Å². The minimum atomic E-state index is -0.996. The Morgan fingerprint density at radius 1 is 1.44 bits per heavy atom. The summed E-state index contributed by atoms with van der Waals surface area (Å²) in [4.78, 5) is 11.7. The fourth-order valence-electron chi connectivity index (χ4n) is 1.87. The maximum atomic E-state index is 11.7. The molecule has 94 valence electrons. The van der Waals surface area contributed by atoms with Gasteiger partial charge >= 0.3 is 5.97 Å². The van der Waals surface area contributed by atoms with Crippen molar-refractivity contribution in [2.75, 3.05) is 13.1 Å². The topological polar surface area (TPSA) is 58.6 Å². The Labute approximate surface area is 97.4 Å². The van der Waals surface area contributed by atoms with Gasteiger partial charge in [-0.15, -0.1) is 0 Å². The summed E-state index contributed by atoms with van der Waals surface area (Å²) < 4.78 is 5.18. The van der Waals surface area contributed by atoms with Crippen molar-refractivity contribution in [1.29, 1.82) is 0 Å². The van der Waals surface area contributed by atoms with E-state index in [0.717, 1.165) is 25.8 Å². The predicted octanol–water partition coefficient (Wildman–Crippen LogP) is 1.08. The smallest absolute Gasteiger partial charge is 0.335 e. The van der Waals surface area contributed by atoms with Gasteiger partial charge in [0.1, 0.15) is 5.60 Å². The van der Waals surface area contributed by atoms with Gasteiger partial charge in [0.15, 0.2) is 6.10 Å². The molecule has 2 atom stereocenters. The zero-order chi connectivity index (χ0) is 12.2. The molecule has 4 nitrogen and oxygen atoms in total. The van der Waals surface area contributed by atoms with Crippen molar-refractivity contribution in [3.05, 3.63) is 0 Å². The van der Waals surface area contributed by atoms with Crippen molar-refractivity contribution in [3.8, 4) is 0 Å². The minimum Gasteiger partial charge on any atom is -0.458 e. The van der Waals surface area contributed by atoms with E-state index < -0.39 is 17.7 Å². The van der Waals surface area contributed by atoms with E-state index in [4.69, 9.17) is 4.74 Å². The van der Waals surface area contributed by atoms with Crippen molar-refractivity contribution in [2.24, 2.45) is 5.92 Å². The number of hydrogen-bond acceptors (Lipinski definition) is 4. The maximum absolute atomic E-state index is 11.7. The molecule has 1 heterocycles. The molecule has 0 saturated carbocycles. The highest BCUT2D eigenvalue weighted by atomic mass is 16.6. The molecule has 0 aromatic rings. The van der Waals surface area contributed by atoms with E-state index >= 15 is 0 Å². The molecule has 0 radical (unpaired) electrons. The number of aliphatic hydroxyl groups is 1. The Hall–Kier alpha value is -0.610. The molecule has 0 aliphatic carbocycles. The lowest BCUT2D eigenvalue weighted by molar-refractivity contribution is -0.168. The van der Waals surface area contributed by atoms with Gasteiger partial charge in [-0.1, -0.05) is 6.42 Å². The molecule has 16 heavy (non-hydrogen) atoms. The summed E-state index contributed by atoms with van der Waals surface area (Å²) in [6, 6.07) is 0. The number of carbonyl (C=O) groups excluding carboxylic acids is 1. The van der Waals surface area contributed by atoms with Gasteiger partial charge in [0, 0.05) is 12.5 Å². The van der Waals surface area contributed by atoms with Crippen LogP contribution in [0.4, 0.5) is 0 Å². The SMILES string of the molecule is CC(C)(C)OC(=O)[C@@H](O)[C@@H]1CCCCNC1. The molecular weight excluding hydrogens is 206 g/mol.